The third kappa shape index (κ3) is 3.54. The molecule has 3 rings (SSSR count). The average Bonchev–Trinajstić information content (AvgIpc) is 2.62. The van der Waals surface area contributed by atoms with Crippen LogP contribution in [0.1, 0.15) is 30.1 Å². The molecule has 1 amide bonds. The topological polar surface area (TPSA) is 84.1 Å². The zero-order chi connectivity index (χ0) is 16.9. The normalized spacial score (nSPS) is 20.7. The van der Waals surface area contributed by atoms with E-state index in [1.54, 1.807) is 18.6 Å². The van der Waals surface area contributed by atoms with Gasteiger partial charge in [-0.1, -0.05) is 13.0 Å². The molecule has 1 aromatic carbocycles. The lowest BCUT2D eigenvalue weighted by Crippen LogP contribution is -2.51. The van der Waals surface area contributed by atoms with Gasteiger partial charge in [-0.05, 0) is 37.0 Å². The lowest BCUT2D eigenvalue weighted by Gasteiger charge is -2.39. The fourth-order valence-corrected chi connectivity index (χ4v) is 3.27. The molecule has 1 aliphatic rings. The van der Waals surface area contributed by atoms with Crippen molar-refractivity contribution in [1.29, 1.82) is 0 Å². The zero-order valence-corrected chi connectivity index (χ0v) is 13.9. The molecule has 2 aromatic rings. The van der Waals surface area contributed by atoms with Crippen molar-refractivity contribution < 1.29 is 4.79 Å². The van der Waals surface area contributed by atoms with Crippen molar-refractivity contribution >= 4 is 17.4 Å². The number of anilines is 2. The molecule has 126 valence electrons. The number of rotatable bonds is 4. The van der Waals surface area contributed by atoms with Crippen molar-refractivity contribution in [3.05, 3.63) is 48.4 Å². The predicted molar refractivity (Wildman–Crippen MR) is 94.0 cm³/mol. The smallest absolute Gasteiger partial charge is 0.254 e. The zero-order valence-electron chi connectivity index (χ0n) is 13.9. The fourth-order valence-electron chi connectivity index (χ4n) is 3.27. The van der Waals surface area contributed by atoms with Crippen LogP contribution < -0.4 is 11.1 Å². The summed E-state index contributed by atoms with van der Waals surface area (Å²) in [6.45, 7) is 3.44. The van der Waals surface area contributed by atoms with Gasteiger partial charge in [0.25, 0.3) is 5.91 Å². The number of carbonyl (C=O) groups is 1. The van der Waals surface area contributed by atoms with Gasteiger partial charge >= 0.3 is 0 Å². The van der Waals surface area contributed by atoms with Crippen molar-refractivity contribution in [3.8, 4) is 0 Å². The predicted octanol–water partition coefficient (Wildman–Crippen LogP) is 2.42. The number of amides is 1. The Morgan fingerprint density at radius 3 is 3.04 bits per heavy atom. The SMILES string of the molecule is C[C@@H]1CCCN(C(=O)c2cccc(Nc3cnccn3)c2)[C@H]1CN. The third-order valence-electron chi connectivity index (χ3n) is 4.56. The number of nitrogens with zero attached hydrogens (tertiary/aromatic N) is 3. The summed E-state index contributed by atoms with van der Waals surface area (Å²) < 4.78 is 0. The summed E-state index contributed by atoms with van der Waals surface area (Å²) in [5.41, 5.74) is 7.39. The minimum atomic E-state index is 0.0415. The Morgan fingerprint density at radius 2 is 2.29 bits per heavy atom. The fraction of sp³-hybridized carbons (Fsp3) is 0.389. The van der Waals surface area contributed by atoms with E-state index in [-0.39, 0.29) is 11.9 Å². The quantitative estimate of drug-likeness (QED) is 0.902. The number of nitrogens with two attached hydrogens (primary N) is 1. The molecule has 2 heterocycles. The molecule has 1 aromatic heterocycles. The average molecular weight is 325 g/mol. The molecule has 0 radical (unpaired) electrons. The van der Waals surface area contributed by atoms with E-state index in [2.05, 4.69) is 22.2 Å². The first-order valence-corrected chi connectivity index (χ1v) is 8.33. The molecule has 6 heteroatoms. The highest BCUT2D eigenvalue weighted by atomic mass is 16.2. The summed E-state index contributed by atoms with van der Waals surface area (Å²) >= 11 is 0. The summed E-state index contributed by atoms with van der Waals surface area (Å²) in [6, 6.07) is 7.59. The van der Waals surface area contributed by atoms with Crippen LogP contribution in [-0.2, 0) is 0 Å². The number of carbonyl (C=O) groups excluding carboxylic acids is 1. The molecule has 6 nitrogen and oxygen atoms in total. The molecule has 0 saturated carbocycles. The molecule has 0 unspecified atom stereocenters. The summed E-state index contributed by atoms with van der Waals surface area (Å²) in [5.74, 6) is 1.13. The molecule has 1 fully saturated rings. The van der Waals surface area contributed by atoms with Gasteiger partial charge in [0, 0.05) is 42.8 Å². The van der Waals surface area contributed by atoms with Gasteiger partial charge in [-0.2, -0.15) is 0 Å². The van der Waals surface area contributed by atoms with Gasteiger partial charge in [0.15, 0.2) is 0 Å². The van der Waals surface area contributed by atoms with Crippen molar-refractivity contribution in [2.24, 2.45) is 11.7 Å². The second-order valence-corrected chi connectivity index (χ2v) is 6.22. The first kappa shape index (κ1) is 16.4. The number of benzene rings is 1. The van der Waals surface area contributed by atoms with Crippen LogP contribution in [0.3, 0.4) is 0 Å². The van der Waals surface area contributed by atoms with E-state index >= 15 is 0 Å². The van der Waals surface area contributed by atoms with E-state index in [9.17, 15) is 4.79 Å². The van der Waals surface area contributed by atoms with E-state index < -0.39 is 0 Å². The van der Waals surface area contributed by atoms with Crippen LogP contribution >= 0.6 is 0 Å². The number of piperidine rings is 1. The highest BCUT2D eigenvalue weighted by Crippen LogP contribution is 2.25. The molecule has 1 aliphatic heterocycles. The van der Waals surface area contributed by atoms with Gasteiger partial charge in [0.1, 0.15) is 5.82 Å². The maximum absolute atomic E-state index is 12.9. The number of nitrogens with one attached hydrogen (secondary N) is 1. The van der Waals surface area contributed by atoms with Gasteiger partial charge in [0.2, 0.25) is 0 Å². The van der Waals surface area contributed by atoms with Crippen LogP contribution in [0.15, 0.2) is 42.9 Å². The Labute approximate surface area is 142 Å². The standard InChI is InChI=1S/C18H23N5O/c1-13-4-3-9-23(16(13)11-19)18(24)14-5-2-6-15(10-14)22-17-12-20-7-8-21-17/h2,5-8,10,12-13,16H,3-4,9,11,19H2,1H3,(H,21,22)/t13-,16+/m1/s1. The van der Waals surface area contributed by atoms with E-state index in [1.165, 1.54) is 0 Å². The van der Waals surface area contributed by atoms with E-state index in [0.717, 1.165) is 25.1 Å². The Balaban J connectivity index is 1.79. The maximum Gasteiger partial charge on any atom is 0.254 e. The van der Waals surface area contributed by atoms with Gasteiger partial charge in [-0.25, -0.2) is 4.98 Å². The van der Waals surface area contributed by atoms with Crippen LogP contribution in [0.25, 0.3) is 0 Å². The Hall–Kier alpha value is -2.47. The summed E-state index contributed by atoms with van der Waals surface area (Å²) in [7, 11) is 0. The Bertz CT molecular complexity index is 691. The summed E-state index contributed by atoms with van der Waals surface area (Å²) in [6.07, 6.45) is 7.04. The van der Waals surface area contributed by atoms with Crippen LogP contribution in [0.4, 0.5) is 11.5 Å². The molecule has 0 spiro atoms. The second-order valence-electron chi connectivity index (χ2n) is 6.22. The molecular formula is C18H23N5O. The van der Waals surface area contributed by atoms with Crippen LogP contribution in [0.2, 0.25) is 0 Å². The highest BCUT2D eigenvalue weighted by molar-refractivity contribution is 5.95. The minimum absolute atomic E-state index is 0.0415. The van der Waals surface area contributed by atoms with Crippen molar-refractivity contribution in [3.63, 3.8) is 0 Å². The first-order valence-electron chi connectivity index (χ1n) is 8.33. The molecule has 1 saturated heterocycles. The van der Waals surface area contributed by atoms with E-state index in [4.69, 9.17) is 5.73 Å². The lowest BCUT2D eigenvalue weighted by molar-refractivity contribution is 0.0532. The maximum atomic E-state index is 12.9. The van der Waals surface area contributed by atoms with Crippen molar-refractivity contribution in [2.75, 3.05) is 18.4 Å². The first-order chi connectivity index (χ1) is 11.7. The number of hydrogen-bond donors (Lipinski definition) is 2. The van der Waals surface area contributed by atoms with Crippen LogP contribution in [0.5, 0.6) is 0 Å². The highest BCUT2D eigenvalue weighted by Gasteiger charge is 2.31. The van der Waals surface area contributed by atoms with Gasteiger partial charge in [-0.15, -0.1) is 0 Å². The summed E-state index contributed by atoms with van der Waals surface area (Å²) in [4.78, 5) is 23.1. The number of hydrogen-bond acceptors (Lipinski definition) is 5. The largest absolute Gasteiger partial charge is 0.339 e. The van der Waals surface area contributed by atoms with Gasteiger partial charge < -0.3 is 16.0 Å². The van der Waals surface area contributed by atoms with E-state index in [0.29, 0.717) is 23.8 Å². The minimum Gasteiger partial charge on any atom is -0.339 e. The molecule has 2 atom stereocenters. The second kappa shape index (κ2) is 7.40. The third-order valence-corrected chi connectivity index (χ3v) is 4.56. The van der Waals surface area contributed by atoms with Crippen molar-refractivity contribution in [2.45, 2.75) is 25.8 Å². The van der Waals surface area contributed by atoms with Gasteiger partial charge in [0.05, 0.1) is 6.20 Å². The van der Waals surface area contributed by atoms with Gasteiger partial charge in [-0.3, -0.25) is 9.78 Å². The lowest BCUT2D eigenvalue weighted by atomic mass is 9.90. The molecule has 0 aliphatic carbocycles. The van der Waals surface area contributed by atoms with Crippen LogP contribution in [-0.4, -0.2) is 39.9 Å². The summed E-state index contributed by atoms with van der Waals surface area (Å²) in [5, 5.41) is 3.17. The van der Waals surface area contributed by atoms with Crippen molar-refractivity contribution in [1.82, 2.24) is 14.9 Å². The number of aromatic nitrogens is 2. The van der Waals surface area contributed by atoms with Crippen LogP contribution in [0, 0.1) is 5.92 Å². The Morgan fingerprint density at radius 1 is 1.42 bits per heavy atom. The number of likely N-dealkylation sites (tertiary alicyclic amines) is 1. The molecular weight excluding hydrogens is 302 g/mol. The molecule has 0 bridgehead atoms. The molecule has 3 N–H and O–H groups in total. The monoisotopic (exact) mass is 325 g/mol. The van der Waals surface area contributed by atoms with E-state index in [1.807, 2.05) is 29.2 Å². The molecule has 24 heavy (non-hydrogen) atoms. The Kier molecular flexibility index (Phi) is 5.05.